The van der Waals surface area contributed by atoms with Crippen LogP contribution in [0.3, 0.4) is 0 Å². The Kier molecular flexibility index (Phi) is 5.86. The van der Waals surface area contributed by atoms with Crippen LogP contribution in [0.25, 0.3) is 0 Å². The molecule has 1 fully saturated rings. The van der Waals surface area contributed by atoms with Crippen LogP contribution < -0.4 is 5.32 Å². The molecule has 1 unspecified atom stereocenters. The Morgan fingerprint density at radius 3 is 2.59 bits per heavy atom. The van der Waals surface area contributed by atoms with Gasteiger partial charge in [-0.05, 0) is 33.5 Å². The molecular weight excluding hydrogens is 214 g/mol. The summed E-state index contributed by atoms with van der Waals surface area (Å²) in [5.41, 5.74) is -0.632. The lowest BCUT2D eigenvalue weighted by Crippen LogP contribution is -2.49. The first-order valence-corrected chi connectivity index (χ1v) is 6.76. The highest BCUT2D eigenvalue weighted by Gasteiger charge is 2.25. The van der Waals surface area contributed by atoms with Crippen LogP contribution in [-0.4, -0.2) is 72.9 Å². The lowest BCUT2D eigenvalue weighted by molar-refractivity contribution is 0.0199. The molecule has 0 spiro atoms. The third-order valence-electron chi connectivity index (χ3n) is 3.27. The van der Waals surface area contributed by atoms with Crippen molar-refractivity contribution in [3.05, 3.63) is 0 Å². The van der Waals surface area contributed by atoms with E-state index in [-0.39, 0.29) is 0 Å². The third kappa shape index (κ3) is 6.36. The van der Waals surface area contributed by atoms with Crippen molar-refractivity contribution in [3.63, 3.8) is 0 Å². The molecule has 4 nitrogen and oxygen atoms in total. The van der Waals surface area contributed by atoms with Crippen LogP contribution in [0, 0.1) is 0 Å². The number of nitrogens with zero attached hydrogens (tertiary/aromatic N) is 2. The minimum atomic E-state index is -0.632. The van der Waals surface area contributed by atoms with Gasteiger partial charge in [0.1, 0.15) is 0 Å². The van der Waals surface area contributed by atoms with E-state index in [1.165, 1.54) is 13.0 Å². The lowest BCUT2D eigenvalue weighted by Gasteiger charge is -2.31. The molecule has 0 aromatic heterocycles. The monoisotopic (exact) mass is 243 g/mol. The average Bonchev–Trinajstić information content (AvgIpc) is 2.41. The van der Waals surface area contributed by atoms with Crippen molar-refractivity contribution in [2.45, 2.75) is 38.8 Å². The van der Waals surface area contributed by atoms with E-state index < -0.39 is 5.60 Å². The second-order valence-corrected chi connectivity index (χ2v) is 5.97. The molecule has 0 aromatic carbocycles. The van der Waals surface area contributed by atoms with Gasteiger partial charge >= 0.3 is 0 Å². The van der Waals surface area contributed by atoms with E-state index in [1.54, 1.807) is 0 Å². The van der Waals surface area contributed by atoms with Crippen LogP contribution in [0.15, 0.2) is 0 Å². The smallest absolute Gasteiger partial charge is 0.0869 e. The predicted molar refractivity (Wildman–Crippen MR) is 72.3 cm³/mol. The van der Waals surface area contributed by atoms with Gasteiger partial charge in [0, 0.05) is 32.2 Å². The van der Waals surface area contributed by atoms with Gasteiger partial charge < -0.3 is 15.3 Å². The molecule has 0 bridgehead atoms. The largest absolute Gasteiger partial charge is 0.388 e. The zero-order chi connectivity index (χ0) is 12.9. The summed E-state index contributed by atoms with van der Waals surface area (Å²) in [6.07, 6.45) is 1.20. The Morgan fingerprint density at radius 1 is 1.24 bits per heavy atom. The molecule has 1 saturated heterocycles. The molecule has 0 aromatic rings. The minimum Gasteiger partial charge on any atom is -0.388 e. The van der Waals surface area contributed by atoms with E-state index in [4.69, 9.17) is 0 Å². The minimum absolute atomic E-state index is 0.428. The predicted octanol–water partition coefficient (Wildman–Crippen LogP) is 0.373. The summed E-state index contributed by atoms with van der Waals surface area (Å²) in [7, 11) is 2.17. The second-order valence-electron chi connectivity index (χ2n) is 5.97. The molecule has 0 amide bonds. The number of rotatable bonds is 5. The number of nitrogens with one attached hydrogen (secondary N) is 1. The van der Waals surface area contributed by atoms with Crippen LogP contribution >= 0.6 is 0 Å². The van der Waals surface area contributed by atoms with Gasteiger partial charge in [-0.1, -0.05) is 13.8 Å². The first-order valence-electron chi connectivity index (χ1n) is 6.76. The van der Waals surface area contributed by atoms with Crippen molar-refractivity contribution < 1.29 is 5.11 Å². The third-order valence-corrected chi connectivity index (χ3v) is 3.27. The molecule has 1 rings (SSSR count). The van der Waals surface area contributed by atoms with Crippen molar-refractivity contribution >= 4 is 0 Å². The van der Waals surface area contributed by atoms with Gasteiger partial charge in [-0.25, -0.2) is 0 Å². The Labute approximate surface area is 106 Å². The quantitative estimate of drug-likeness (QED) is 0.732. The molecular formula is C13H29N3O. The molecule has 102 valence electrons. The van der Waals surface area contributed by atoms with E-state index in [1.807, 2.05) is 6.92 Å². The fourth-order valence-corrected chi connectivity index (χ4v) is 2.22. The number of likely N-dealkylation sites (N-methyl/N-ethyl adjacent to an activating group) is 1. The fourth-order valence-electron chi connectivity index (χ4n) is 2.22. The van der Waals surface area contributed by atoms with Gasteiger partial charge in [0.25, 0.3) is 0 Å². The maximum Gasteiger partial charge on any atom is 0.0869 e. The van der Waals surface area contributed by atoms with Crippen LogP contribution in [0.4, 0.5) is 0 Å². The maximum absolute atomic E-state index is 10.4. The summed E-state index contributed by atoms with van der Waals surface area (Å²) in [5, 5.41) is 13.7. The molecule has 0 radical (unpaired) electrons. The molecule has 17 heavy (non-hydrogen) atoms. The number of aliphatic hydroxyl groups is 1. The normalized spacial score (nSPS) is 23.6. The van der Waals surface area contributed by atoms with Crippen molar-refractivity contribution in [1.82, 2.24) is 15.1 Å². The molecule has 2 N–H and O–H groups in total. The summed E-state index contributed by atoms with van der Waals surface area (Å²) in [6.45, 7) is 12.0. The number of hydrogen-bond acceptors (Lipinski definition) is 4. The van der Waals surface area contributed by atoms with Crippen LogP contribution in [0.1, 0.15) is 27.2 Å². The summed E-state index contributed by atoms with van der Waals surface area (Å²) in [5.74, 6) is 0. The standard InChI is InChI=1S/C13H29N3O/c1-12(2)14-10-13(3,17)11-16-7-5-6-15(4)8-9-16/h12,14,17H,5-11H2,1-4H3. The van der Waals surface area contributed by atoms with Crippen LogP contribution in [-0.2, 0) is 0 Å². The van der Waals surface area contributed by atoms with Crippen molar-refractivity contribution in [2.75, 3.05) is 46.3 Å². The highest BCUT2D eigenvalue weighted by Crippen LogP contribution is 2.09. The van der Waals surface area contributed by atoms with E-state index in [9.17, 15) is 5.11 Å². The molecule has 0 aliphatic carbocycles. The summed E-state index contributed by atoms with van der Waals surface area (Å²) in [4.78, 5) is 4.74. The highest BCUT2D eigenvalue weighted by molar-refractivity contribution is 4.82. The van der Waals surface area contributed by atoms with Crippen molar-refractivity contribution in [1.29, 1.82) is 0 Å². The average molecular weight is 243 g/mol. The number of β-amino-alcohol motifs (C(OH)–C–C–N with tert-alkyl or cyclic N) is 1. The van der Waals surface area contributed by atoms with Gasteiger partial charge in [0.15, 0.2) is 0 Å². The highest BCUT2D eigenvalue weighted by atomic mass is 16.3. The Bertz CT molecular complexity index is 219. The zero-order valence-corrected chi connectivity index (χ0v) is 11.9. The summed E-state index contributed by atoms with van der Waals surface area (Å²) < 4.78 is 0. The molecule has 1 aliphatic rings. The van der Waals surface area contributed by atoms with Gasteiger partial charge in [-0.3, -0.25) is 4.90 Å². The summed E-state index contributed by atoms with van der Waals surface area (Å²) in [6, 6.07) is 0.428. The topological polar surface area (TPSA) is 38.7 Å². The Hall–Kier alpha value is -0.160. The first-order chi connectivity index (χ1) is 7.89. The second kappa shape index (κ2) is 6.69. The molecule has 1 aliphatic heterocycles. The van der Waals surface area contributed by atoms with Gasteiger partial charge in [0.2, 0.25) is 0 Å². The molecule has 0 saturated carbocycles. The van der Waals surface area contributed by atoms with E-state index in [0.717, 1.165) is 26.2 Å². The van der Waals surface area contributed by atoms with Gasteiger partial charge in [-0.15, -0.1) is 0 Å². The van der Waals surface area contributed by atoms with Crippen molar-refractivity contribution in [2.24, 2.45) is 0 Å². The van der Waals surface area contributed by atoms with E-state index in [0.29, 0.717) is 12.6 Å². The zero-order valence-electron chi connectivity index (χ0n) is 11.9. The van der Waals surface area contributed by atoms with Gasteiger partial charge in [-0.2, -0.15) is 0 Å². The fraction of sp³-hybridized carbons (Fsp3) is 1.00. The lowest BCUT2D eigenvalue weighted by atomic mass is 10.1. The maximum atomic E-state index is 10.4. The first kappa shape index (κ1) is 14.9. The van der Waals surface area contributed by atoms with E-state index in [2.05, 4.69) is 36.0 Å². The number of hydrogen-bond donors (Lipinski definition) is 2. The summed E-state index contributed by atoms with van der Waals surface area (Å²) >= 11 is 0. The molecule has 4 heteroatoms. The molecule has 1 atom stereocenters. The Balaban J connectivity index is 2.35. The van der Waals surface area contributed by atoms with Crippen molar-refractivity contribution in [3.8, 4) is 0 Å². The molecule has 1 heterocycles. The SMILES string of the molecule is CC(C)NCC(C)(O)CN1CCCN(C)CC1. The van der Waals surface area contributed by atoms with Crippen LogP contribution in [0.5, 0.6) is 0 Å². The Morgan fingerprint density at radius 2 is 1.94 bits per heavy atom. The van der Waals surface area contributed by atoms with Gasteiger partial charge in [0.05, 0.1) is 5.60 Å². The van der Waals surface area contributed by atoms with E-state index >= 15 is 0 Å². The van der Waals surface area contributed by atoms with Crippen LogP contribution in [0.2, 0.25) is 0 Å².